The molecule has 0 aromatic carbocycles. The van der Waals surface area contributed by atoms with Gasteiger partial charge in [-0.15, -0.1) is 0 Å². The number of hydrogen-bond donors (Lipinski definition) is 1. The third kappa shape index (κ3) is 2.87. The number of nitrogens with zero attached hydrogens (tertiary/aromatic N) is 4. The van der Waals surface area contributed by atoms with Crippen molar-refractivity contribution in [3.05, 3.63) is 41.2 Å². The minimum absolute atomic E-state index is 0.136. The predicted octanol–water partition coefficient (Wildman–Crippen LogP) is 1.29. The highest BCUT2D eigenvalue weighted by Crippen LogP contribution is 2.06. The first kappa shape index (κ1) is 10.8. The summed E-state index contributed by atoms with van der Waals surface area (Å²) in [6.07, 6.45) is 5.01. The van der Waals surface area contributed by atoms with Gasteiger partial charge in [0.05, 0.1) is 0 Å². The summed E-state index contributed by atoms with van der Waals surface area (Å²) in [6.45, 7) is 0. The zero-order valence-electron chi connectivity index (χ0n) is 8.47. The van der Waals surface area contributed by atoms with Gasteiger partial charge in [-0.3, -0.25) is 4.98 Å². The van der Waals surface area contributed by atoms with E-state index in [-0.39, 0.29) is 11.2 Å². The molecule has 0 spiro atoms. The van der Waals surface area contributed by atoms with Crippen LogP contribution in [-0.4, -0.2) is 19.9 Å². The molecule has 2 aromatic rings. The maximum absolute atomic E-state index is 5.68. The molecule has 5 nitrogen and oxygen atoms in total. The molecule has 0 aliphatic rings. The SMILES string of the molecule is Nc1nc(Cl)nc(CCc2ccncc2)n1. The lowest BCUT2D eigenvalue weighted by molar-refractivity contribution is 0.840. The molecule has 0 amide bonds. The maximum atomic E-state index is 5.68. The van der Waals surface area contributed by atoms with Gasteiger partial charge in [-0.2, -0.15) is 9.97 Å². The first-order chi connectivity index (χ1) is 7.74. The van der Waals surface area contributed by atoms with Crippen molar-refractivity contribution in [2.45, 2.75) is 12.8 Å². The summed E-state index contributed by atoms with van der Waals surface area (Å²) in [7, 11) is 0. The van der Waals surface area contributed by atoms with Crippen LogP contribution in [0.15, 0.2) is 24.5 Å². The van der Waals surface area contributed by atoms with Gasteiger partial charge in [-0.25, -0.2) is 4.98 Å². The smallest absolute Gasteiger partial charge is 0.227 e. The molecule has 0 bridgehead atoms. The Morgan fingerprint density at radius 2 is 1.81 bits per heavy atom. The van der Waals surface area contributed by atoms with E-state index in [1.807, 2.05) is 12.1 Å². The minimum Gasteiger partial charge on any atom is -0.368 e. The minimum atomic E-state index is 0.136. The number of nitrogen functional groups attached to an aromatic ring is 1. The molecular weight excluding hydrogens is 226 g/mol. The molecule has 16 heavy (non-hydrogen) atoms. The average Bonchev–Trinajstić information content (AvgIpc) is 2.27. The van der Waals surface area contributed by atoms with Gasteiger partial charge in [-0.1, -0.05) is 0 Å². The number of aromatic nitrogens is 4. The maximum Gasteiger partial charge on any atom is 0.227 e. The standard InChI is InChI=1S/C10H10ClN5/c11-9-14-8(15-10(12)16-9)2-1-7-3-5-13-6-4-7/h3-6H,1-2H2,(H2,12,14,15,16). The van der Waals surface area contributed by atoms with Crippen molar-refractivity contribution in [2.75, 3.05) is 5.73 Å². The molecule has 0 atom stereocenters. The van der Waals surface area contributed by atoms with Crippen LogP contribution in [0.5, 0.6) is 0 Å². The highest BCUT2D eigenvalue weighted by Gasteiger charge is 2.02. The fourth-order valence-electron chi connectivity index (χ4n) is 1.33. The second kappa shape index (κ2) is 4.85. The lowest BCUT2D eigenvalue weighted by Gasteiger charge is -2.01. The van der Waals surface area contributed by atoms with Crippen LogP contribution >= 0.6 is 11.6 Å². The number of anilines is 1. The molecule has 0 radical (unpaired) electrons. The van der Waals surface area contributed by atoms with Gasteiger partial charge < -0.3 is 5.73 Å². The molecular formula is C10H10ClN5. The van der Waals surface area contributed by atoms with E-state index < -0.39 is 0 Å². The van der Waals surface area contributed by atoms with Crippen LogP contribution in [-0.2, 0) is 12.8 Å². The number of aryl methyl sites for hydroxylation is 2. The lowest BCUT2D eigenvalue weighted by atomic mass is 10.1. The molecule has 6 heteroatoms. The Balaban J connectivity index is 2.05. The highest BCUT2D eigenvalue weighted by atomic mass is 35.5. The van der Waals surface area contributed by atoms with Crippen molar-refractivity contribution in [3.8, 4) is 0 Å². The molecule has 0 saturated carbocycles. The monoisotopic (exact) mass is 235 g/mol. The van der Waals surface area contributed by atoms with Crippen molar-refractivity contribution >= 4 is 17.5 Å². The Morgan fingerprint density at radius 3 is 2.50 bits per heavy atom. The Hall–Kier alpha value is -1.75. The van der Waals surface area contributed by atoms with Gasteiger partial charge in [0.1, 0.15) is 5.82 Å². The van der Waals surface area contributed by atoms with Crippen molar-refractivity contribution in [1.82, 2.24) is 19.9 Å². The van der Waals surface area contributed by atoms with E-state index in [2.05, 4.69) is 19.9 Å². The predicted molar refractivity (Wildman–Crippen MR) is 60.9 cm³/mol. The largest absolute Gasteiger partial charge is 0.368 e. The van der Waals surface area contributed by atoms with Crippen molar-refractivity contribution in [3.63, 3.8) is 0 Å². The number of hydrogen-bond acceptors (Lipinski definition) is 5. The fourth-order valence-corrected chi connectivity index (χ4v) is 1.51. The van der Waals surface area contributed by atoms with E-state index in [0.29, 0.717) is 12.2 Å². The Labute approximate surface area is 97.7 Å². The number of nitrogens with two attached hydrogens (primary N) is 1. The summed E-state index contributed by atoms with van der Waals surface area (Å²) in [5.41, 5.74) is 6.64. The Kier molecular flexibility index (Phi) is 3.26. The first-order valence-electron chi connectivity index (χ1n) is 4.79. The van der Waals surface area contributed by atoms with Gasteiger partial charge >= 0.3 is 0 Å². The Morgan fingerprint density at radius 1 is 1.06 bits per heavy atom. The van der Waals surface area contributed by atoms with Gasteiger partial charge in [0.2, 0.25) is 11.2 Å². The van der Waals surface area contributed by atoms with Gasteiger partial charge in [-0.05, 0) is 35.7 Å². The quantitative estimate of drug-likeness (QED) is 0.867. The number of rotatable bonds is 3. The molecule has 2 N–H and O–H groups in total. The molecule has 0 fully saturated rings. The van der Waals surface area contributed by atoms with E-state index in [4.69, 9.17) is 17.3 Å². The summed E-state index contributed by atoms with van der Waals surface area (Å²) in [5, 5.41) is 0.136. The molecule has 0 aliphatic carbocycles. The average molecular weight is 236 g/mol. The molecule has 2 heterocycles. The highest BCUT2D eigenvalue weighted by molar-refractivity contribution is 6.28. The van der Waals surface area contributed by atoms with Crippen molar-refractivity contribution in [1.29, 1.82) is 0 Å². The topological polar surface area (TPSA) is 77.6 Å². The van der Waals surface area contributed by atoms with Gasteiger partial charge in [0.25, 0.3) is 0 Å². The third-order valence-electron chi connectivity index (χ3n) is 2.06. The molecule has 0 aliphatic heterocycles. The molecule has 2 rings (SSSR count). The van der Waals surface area contributed by atoms with E-state index in [1.165, 1.54) is 5.56 Å². The lowest BCUT2D eigenvalue weighted by Crippen LogP contribution is -2.04. The van der Waals surface area contributed by atoms with Crippen LogP contribution in [0.2, 0.25) is 5.28 Å². The normalized spacial score (nSPS) is 10.3. The molecule has 0 unspecified atom stereocenters. The van der Waals surface area contributed by atoms with Crippen LogP contribution in [0.3, 0.4) is 0 Å². The summed E-state index contributed by atoms with van der Waals surface area (Å²) in [6, 6.07) is 3.90. The van der Waals surface area contributed by atoms with E-state index in [9.17, 15) is 0 Å². The summed E-state index contributed by atoms with van der Waals surface area (Å²) >= 11 is 5.68. The van der Waals surface area contributed by atoms with Crippen LogP contribution in [0.1, 0.15) is 11.4 Å². The zero-order chi connectivity index (χ0) is 11.4. The Bertz CT molecular complexity index is 454. The number of halogens is 1. The molecule has 0 saturated heterocycles. The van der Waals surface area contributed by atoms with E-state index in [0.717, 1.165) is 6.42 Å². The van der Waals surface area contributed by atoms with Gasteiger partial charge in [0.15, 0.2) is 0 Å². The summed E-state index contributed by atoms with van der Waals surface area (Å²) in [4.78, 5) is 15.6. The summed E-state index contributed by atoms with van der Waals surface area (Å²) in [5.74, 6) is 0.763. The summed E-state index contributed by atoms with van der Waals surface area (Å²) < 4.78 is 0. The zero-order valence-corrected chi connectivity index (χ0v) is 9.22. The second-order valence-corrected chi connectivity index (χ2v) is 3.57. The van der Waals surface area contributed by atoms with Crippen LogP contribution in [0.25, 0.3) is 0 Å². The third-order valence-corrected chi connectivity index (χ3v) is 2.23. The van der Waals surface area contributed by atoms with Gasteiger partial charge in [0, 0.05) is 18.8 Å². The van der Waals surface area contributed by atoms with Crippen molar-refractivity contribution < 1.29 is 0 Å². The van der Waals surface area contributed by atoms with Crippen LogP contribution in [0.4, 0.5) is 5.95 Å². The van der Waals surface area contributed by atoms with E-state index in [1.54, 1.807) is 12.4 Å². The van der Waals surface area contributed by atoms with Crippen LogP contribution < -0.4 is 5.73 Å². The first-order valence-corrected chi connectivity index (χ1v) is 5.16. The fraction of sp³-hybridized carbons (Fsp3) is 0.200. The molecule has 82 valence electrons. The second-order valence-electron chi connectivity index (χ2n) is 3.23. The van der Waals surface area contributed by atoms with Crippen LogP contribution in [0, 0.1) is 0 Å². The number of pyridine rings is 1. The molecule has 2 aromatic heterocycles. The van der Waals surface area contributed by atoms with E-state index >= 15 is 0 Å². The van der Waals surface area contributed by atoms with Crippen molar-refractivity contribution in [2.24, 2.45) is 0 Å².